The lowest BCUT2D eigenvalue weighted by molar-refractivity contribution is 0.0958. The van der Waals surface area contributed by atoms with Crippen molar-refractivity contribution in [1.29, 1.82) is 0 Å². The molecule has 0 aliphatic rings. The molecule has 0 spiro atoms. The highest BCUT2D eigenvalue weighted by Gasteiger charge is 2.18. The minimum atomic E-state index is -2.69. The summed E-state index contributed by atoms with van der Waals surface area (Å²) in [5.41, 5.74) is 1.15. The van der Waals surface area contributed by atoms with Gasteiger partial charge in [0, 0.05) is 35.1 Å². The van der Waals surface area contributed by atoms with Crippen LogP contribution in [-0.4, -0.2) is 40.2 Å². The highest BCUT2D eigenvalue weighted by atomic mass is 35.5. The van der Waals surface area contributed by atoms with E-state index in [1.807, 2.05) is 17.4 Å². The average Bonchev–Trinajstić information content (AvgIpc) is 2.67. The van der Waals surface area contributed by atoms with E-state index in [9.17, 15) is 4.79 Å². The number of carbonyl (C=O) groups excluding carboxylic acids is 1. The maximum absolute atomic E-state index is 12.3. The van der Waals surface area contributed by atoms with E-state index in [4.69, 9.17) is 20.5 Å². The molecule has 132 valence electrons. The Bertz CT molecular complexity index is 1030. The van der Waals surface area contributed by atoms with Crippen molar-refractivity contribution in [2.24, 2.45) is 0 Å². The Morgan fingerprint density at radius 3 is 2.85 bits per heavy atom. The Balaban J connectivity index is 2.03. The third kappa shape index (κ3) is 3.55. The Hall–Kier alpha value is -3.26. The van der Waals surface area contributed by atoms with Crippen molar-refractivity contribution in [2.45, 2.75) is 0 Å². The number of carbonyl (C=O) groups is 1. The number of hydrogen-bond acceptors (Lipinski definition) is 7. The van der Waals surface area contributed by atoms with Crippen molar-refractivity contribution >= 4 is 29.0 Å². The zero-order chi connectivity index (χ0) is 21.0. The molecule has 0 saturated heterocycles. The van der Waals surface area contributed by atoms with E-state index < -0.39 is 12.9 Å². The normalized spacial score (nSPS) is 12.5. The van der Waals surface area contributed by atoms with Gasteiger partial charge >= 0.3 is 0 Å². The average molecular weight is 374 g/mol. The topological polar surface area (TPSA) is 102 Å². The largest absolute Gasteiger partial charge is 0.492 e. The molecule has 0 aliphatic heterocycles. The first-order valence-electron chi connectivity index (χ1n) is 8.85. The van der Waals surface area contributed by atoms with Gasteiger partial charge in [-0.2, -0.15) is 0 Å². The number of nitrogens with one attached hydrogen (secondary N) is 2. The molecule has 0 atom stereocenters. The standard InChI is InChI=1S/C17H15ClN6O2/c1-19-17(25)14-12(9-13(18)23-24-14)22-16-15(26-2)10(6-8-21-16)11-5-3-4-7-20-11/h3-9H,1-2H3,(H,19,25)(H,21,22,23)/i1D3. The number of amides is 1. The van der Waals surface area contributed by atoms with Crippen LogP contribution in [0.1, 0.15) is 14.6 Å². The van der Waals surface area contributed by atoms with Crippen LogP contribution in [0.5, 0.6) is 5.75 Å². The highest BCUT2D eigenvalue weighted by Crippen LogP contribution is 2.35. The molecule has 9 heteroatoms. The summed E-state index contributed by atoms with van der Waals surface area (Å²) in [6.07, 6.45) is 3.18. The predicted octanol–water partition coefficient (Wildman–Crippen LogP) is 2.70. The first-order valence-corrected chi connectivity index (χ1v) is 7.73. The summed E-state index contributed by atoms with van der Waals surface area (Å²) in [5.74, 6) is -0.333. The minimum Gasteiger partial charge on any atom is -0.492 e. The summed E-state index contributed by atoms with van der Waals surface area (Å²) >= 11 is 5.90. The fourth-order valence-electron chi connectivity index (χ4n) is 2.29. The van der Waals surface area contributed by atoms with Gasteiger partial charge in [-0.25, -0.2) is 4.98 Å². The van der Waals surface area contributed by atoms with Crippen LogP contribution in [0.15, 0.2) is 42.7 Å². The lowest BCUT2D eigenvalue weighted by atomic mass is 10.1. The Labute approximate surface area is 158 Å². The van der Waals surface area contributed by atoms with Crippen LogP contribution in [0.2, 0.25) is 5.15 Å². The molecule has 26 heavy (non-hydrogen) atoms. The van der Waals surface area contributed by atoms with E-state index in [-0.39, 0.29) is 22.4 Å². The molecule has 3 aromatic rings. The Kier molecular flexibility index (Phi) is 4.16. The molecule has 3 aromatic heterocycles. The fraction of sp³-hybridized carbons (Fsp3) is 0.118. The number of anilines is 2. The number of rotatable bonds is 5. The van der Waals surface area contributed by atoms with Crippen LogP contribution < -0.4 is 15.4 Å². The number of ether oxygens (including phenoxy) is 1. The summed E-state index contributed by atoms with van der Waals surface area (Å²) in [6, 6.07) is 8.49. The van der Waals surface area contributed by atoms with Crippen molar-refractivity contribution in [3.63, 3.8) is 0 Å². The van der Waals surface area contributed by atoms with Crippen LogP contribution in [0.3, 0.4) is 0 Å². The molecule has 3 rings (SSSR count). The Morgan fingerprint density at radius 1 is 1.23 bits per heavy atom. The maximum atomic E-state index is 12.3. The molecule has 8 nitrogen and oxygen atoms in total. The van der Waals surface area contributed by atoms with E-state index in [0.717, 1.165) is 0 Å². The van der Waals surface area contributed by atoms with Crippen LogP contribution in [0.4, 0.5) is 11.5 Å². The van der Waals surface area contributed by atoms with Gasteiger partial charge in [0.1, 0.15) is 0 Å². The van der Waals surface area contributed by atoms with Crippen LogP contribution in [0.25, 0.3) is 11.3 Å². The molecular weight excluding hydrogens is 356 g/mol. The molecule has 3 heterocycles. The third-order valence-corrected chi connectivity index (χ3v) is 3.58. The fourth-order valence-corrected chi connectivity index (χ4v) is 2.43. The van der Waals surface area contributed by atoms with Gasteiger partial charge in [0.25, 0.3) is 5.91 Å². The van der Waals surface area contributed by atoms with Gasteiger partial charge in [-0.3, -0.25) is 9.78 Å². The minimum absolute atomic E-state index is 0.00205. The second-order valence-electron chi connectivity index (χ2n) is 4.96. The molecule has 0 bridgehead atoms. The highest BCUT2D eigenvalue weighted by molar-refractivity contribution is 6.29. The second kappa shape index (κ2) is 7.75. The zero-order valence-corrected chi connectivity index (χ0v) is 14.3. The first kappa shape index (κ1) is 14.0. The Morgan fingerprint density at radius 2 is 2.12 bits per heavy atom. The van der Waals surface area contributed by atoms with Crippen molar-refractivity contribution < 1.29 is 13.6 Å². The number of pyridine rings is 2. The summed E-state index contributed by atoms with van der Waals surface area (Å²) in [4.78, 5) is 20.8. The van der Waals surface area contributed by atoms with Gasteiger partial charge in [0.05, 0.1) is 18.5 Å². The number of nitrogens with zero attached hydrogens (tertiary/aromatic N) is 4. The summed E-state index contributed by atoms with van der Waals surface area (Å²) in [5, 5.41) is 12.1. The smallest absolute Gasteiger partial charge is 0.273 e. The lowest BCUT2D eigenvalue weighted by Crippen LogP contribution is -2.21. The van der Waals surface area contributed by atoms with E-state index in [0.29, 0.717) is 17.0 Å². The predicted molar refractivity (Wildman–Crippen MR) is 97.7 cm³/mol. The van der Waals surface area contributed by atoms with Crippen molar-refractivity contribution in [3.8, 4) is 17.0 Å². The van der Waals surface area contributed by atoms with Crippen LogP contribution in [0, 0.1) is 0 Å². The van der Waals surface area contributed by atoms with Crippen molar-refractivity contribution in [1.82, 2.24) is 25.5 Å². The van der Waals surface area contributed by atoms with Gasteiger partial charge in [0.2, 0.25) is 0 Å². The molecule has 1 amide bonds. The van der Waals surface area contributed by atoms with Gasteiger partial charge in [-0.15, -0.1) is 10.2 Å². The van der Waals surface area contributed by atoms with E-state index in [1.165, 1.54) is 19.4 Å². The molecule has 0 unspecified atom stereocenters. The van der Waals surface area contributed by atoms with E-state index in [1.54, 1.807) is 18.3 Å². The third-order valence-electron chi connectivity index (χ3n) is 3.40. The quantitative estimate of drug-likeness (QED) is 0.708. The molecule has 2 N–H and O–H groups in total. The SMILES string of the molecule is [2H]C([2H])([2H])NC(=O)c1nnc(Cl)cc1Nc1nccc(-c2ccccn2)c1OC. The first-order chi connectivity index (χ1) is 13.8. The van der Waals surface area contributed by atoms with Crippen molar-refractivity contribution in [2.75, 3.05) is 19.4 Å². The summed E-state index contributed by atoms with van der Waals surface area (Å²) in [7, 11) is 1.47. The lowest BCUT2D eigenvalue weighted by Gasteiger charge is -2.15. The summed E-state index contributed by atoms with van der Waals surface area (Å²) < 4.78 is 27.1. The molecule has 0 aliphatic carbocycles. The zero-order valence-electron chi connectivity index (χ0n) is 16.5. The van der Waals surface area contributed by atoms with Gasteiger partial charge in [-0.05, 0) is 18.2 Å². The molecule has 0 saturated carbocycles. The molecule has 0 aromatic carbocycles. The van der Waals surface area contributed by atoms with Crippen molar-refractivity contribution in [3.05, 3.63) is 53.6 Å². The molecule has 0 radical (unpaired) electrons. The van der Waals surface area contributed by atoms with Crippen LogP contribution >= 0.6 is 11.6 Å². The number of aromatic nitrogens is 4. The summed E-state index contributed by atoms with van der Waals surface area (Å²) in [6.45, 7) is -2.69. The van der Waals surface area contributed by atoms with E-state index in [2.05, 4.69) is 25.5 Å². The molecule has 0 fully saturated rings. The van der Waals surface area contributed by atoms with Gasteiger partial charge in [-0.1, -0.05) is 17.7 Å². The monoisotopic (exact) mass is 373 g/mol. The number of methoxy groups -OCH3 is 1. The molecular formula is C17H15ClN6O2. The maximum Gasteiger partial charge on any atom is 0.273 e. The van der Waals surface area contributed by atoms with Gasteiger partial charge < -0.3 is 15.4 Å². The number of hydrogen-bond donors (Lipinski definition) is 2. The van der Waals surface area contributed by atoms with Crippen LogP contribution in [-0.2, 0) is 0 Å². The second-order valence-corrected chi connectivity index (χ2v) is 5.35. The van der Waals surface area contributed by atoms with Gasteiger partial charge in [0.15, 0.2) is 22.4 Å². The number of halogens is 1. The van der Waals surface area contributed by atoms with E-state index >= 15 is 0 Å².